The SMILES string of the molecule is CC1CC(=O)c2c(O)cc(O)c(C3CC(CO)C(O)C(O)C3O)c2O1.Oc1ccccc1O. The van der Waals surface area contributed by atoms with Gasteiger partial charge in [-0.2, -0.15) is 0 Å². The molecule has 0 saturated heterocycles. The summed E-state index contributed by atoms with van der Waals surface area (Å²) >= 11 is 0. The number of Topliss-reactive ketones (excluding diaryl/α,β-unsaturated/α-hetero) is 1. The van der Waals surface area contributed by atoms with Gasteiger partial charge in [0.1, 0.15) is 35.0 Å². The van der Waals surface area contributed by atoms with Crippen molar-refractivity contribution in [3.05, 3.63) is 41.5 Å². The summed E-state index contributed by atoms with van der Waals surface area (Å²) in [4.78, 5) is 12.3. The summed E-state index contributed by atoms with van der Waals surface area (Å²) in [7, 11) is 0. The topological polar surface area (TPSA) is 188 Å². The van der Waals surface area contributed by atoms with Crippen LogP contribution in [-0.4, -0.2) is 77.7 Å². The van der Waals surface area contributed by atoms with Crippen LogP contribution >= 0.6 is 0 Å². The summed E-state index contributed by atoms with van der Waals surface area (Å²) in [5.41, 5.74) is 0.0175. The molecule has 2 aromatic carbocycles. The van der Waals surface area contributed by atoms with Crippen LogP contribution in [0.3, 0.4) is 0 Å². The quantitative estimate of drug-likeness (QED) is 0.294. The Bertz CT molecular complexity index is 984. The zero-order chi connectivity index (χ0) is 24.4. The van der Waals surface area contributed by atoms with E-state index in [0.29, 0.717) is 0 Å². The van der Waals surface area contributed by atoms with Crippen molar-refractivity contribution in [2.24, 2.45) is 5.92 Å². The van der Waals surface area contributed by atoms with E-state index < -0.39 is 48.6 Å². The number of aliphatic hydroxyl groups excluding tert-OH is 4. The number of ketones is 1. The lowest BCUT2D eigenvalue weighted by Gasteiger charge is -2.41. The monoisotopic (exact) mass is 464 g/mol. The van der Waals surface area contributed by atoms with Crippen LogP contribution in [0, 0.1) is 5.92 Å². The van der Waals surface area contributed by atoms with Gasteiger partial charge in [-0.15, -0.1) is 0 Å². The standard InChI is InChI=1S/C17H22O8.C6H6O2/c1-6-2-9(19)13-11(21)4-10(20)12(17(13)25-6)8-3-7(5-18)14(22)16(24)15(8)23;7-5-3-1-2-4-6(5)8/h4,6-8,14-16,18,20-24H,2-3,5H2,1H3;1-4,7-8H. The number of hydrogen-bond acceptors (Lipinski definition) is 10. The van der Waals surface area contributed by atoms with E-state index in [4.69, 9.17) is 14.9 Å². The molecule has 180 valence electrons. The highest BCUT2D eigenvalue weighted by molar-refractivity contribution is 6.03. The molecular formula is C23H28O10. The molecule has 6 atom stereocenters. The van der Waals surface area contributed by atoms with E-state index in [1.54, 1.807) is 19.1 Å². The Labute approximate surface area is 189 Å². The first-order valence-electron chi connectivity index (χ1n) is 10.5. The van der Waals surface area contributed by atoms with Gasteiger partial charge < -0.3 is 45.6 Å². The Morgan fingerprint density at radius 2 is 1.52 bits per heavy atom. The van der Waals surface area contributed by atoms with Crippen LogP contribution < -0.4 is 4.74 Å². The first kappa shape index (κ1) is 24.6. The third kappa shape index (κ3) is 4.83. The second-order valence-corrected chi connectivity index (χ2v) is 8.33. The van der Waals surface area contributed by atoms with Gasteiger partial charge in [0.05, 0.1) is 12.2 Å². The van der Waals surface area contributed by atoms with Crippen molar-refractivity contribution >= 4 is 5.78 Å². The maximum Gasteiger partial charge on any atom is 0.174 e. The average molecular weight is 464 g/mol. The van der Waals surface area contributed by atoms with E-state index >= 15 is 0 Å². The van der Waals surface area contributed by atoms with E-state index in [1.165, 1.54) is 12.1 Å². The lowest BCUT2D eigenvalue weighted by molar-refractivity contribution is -0.127. The summed E-state index contributed by atoms with van der Waals surface area (Å²) in [6.07, 6.45) is -4.63. The van der Waals surface area contributed by atoms with Crippen molar-refractivity contribution in [3.8, 4) is 28.7 Å². The fraction of sp³-hybridized carbons (Fsp3) is 0.435. The minimum Gasteiger partial charge on any atom is -0.507 e. The zero-order valence-corrected chi connectivity index (χ0v) is 17.9. The summed E-state index contributed by atoms with van der Waals surface area (Å²) < 4.78 is 5.67. The predicted octanol–water partition coefficient (Wildman–Crippen LogP) is 0.728. The van der Waals surface area contributed by atoms with Crippen LogP contribution in [0.2, 0.25) is 0 Å². The van der Waals surface area contributed by atoms with Crippen molar-refractivity contribution in [2.75, 3.05) is 6.61 Å². The summed E-state index contributed by atoms with van der Waals surface area (Å²) in [6, 6.07) is 7.15. The summed E-state index contributed by atoms with van der Waals surface area (Å²) in [5, 5.41) is 77.5. The largest absolute Gasteiger partial charge is 0.507 e. The van der Waals surface area contributed by atoms with Crippen molar-refractivity contribution < 1.29 is 50.4 Å². The van der Waals surface area contributed by atoms with Crippen molar-refractivity contribution in [1.82, 2.24) is 0 Å². The van der Waals surface area contributed by atoms with Crippen molar-refractivity contribution in [3.63, 3.8) is 0 Å². The highest BCUT2D eigenvalue weighted by Crippen LogP contribution is 2.50. The molecule has 33 heavy (non-hydrogen) atoms. The lowest BCUT2D eigenvalue weighted by atomic mass is 9.72. The summed E-state index contributed by atoms with van der Waals surface area (Å²) in [5.74, 6) is -2.94. The van der Waals surface area contributed by atoms with E-state index in [2.05, 4.69) is 0 Å². The van der Waals surface area contributed by atoms with Crippen LogP contribution in [0.4, 0.5) is 0 Å². The van der Waals surface area contributed by atoms with Gasteiger partial charge in [0.25, 0.3) is 0 Å². The van der Waals surface area contributed by atoms with Crippen molar-refractivity contribution in [1.29, 1.82) is 0 Å². The first-order valence-corrected chi connectivity index (χ1v) is 10.5. The molecule has 0 radical (unpaired) electrons. The minimum absolute atomic E-state index is 0.0226. The Hall–Kier alpha value is -3.05. The first-order chi connectivity index (χ1) is 15.6. The molecule has 0 aromatic heterocycles. The lowest BCUT2D eigenvalue weighted by Crippen LogP contribution is -2.51. The number of para-hydroxylation sites is 2. The molecule has 0 bridgehead atoms. The van der Waals surface area contributed by atoms with E-state index in [-0.39, 0.29) is 52.7 Å². The molecular weight excluding hydrogens is 436 g/mol. The normalized spacial score (nSPS) is 28.8. The number of rotatable bonds is 2. The predicted molar refractivity (Wildman–Crippen MR) is 115 cm³/mol. The van der Waals surface area contributed by atoms with Crippen LogP contribution in [0.15, 0.2) is 30.3 Å². The molecule has 1 saturated carbocycles. The maximum atomic E-state index is 12.3. The highest BCUT2D eigenvalue weighted by atomic mass is 16.5. The van der Waals surface area contributed by atoms with Crippen LogP contribution in [0.1, 0.15) is 41.6 Å². The van der Waals surface area contributed by atoms with Gasteiger partial charge in [-0.3, -0.25) is 4.79 Å². The molecule has 1 aliphatic carbocycles. The fourth-order valence-electron chi connectivity index (χ4n) is 4.26. The molecule has 8 N–H and O–H groups in total. The average Bonchev–Trinajstić information content (AvgIpc) is 2.75. The molecule has 0 spiro atoms. The van der Waals surface area contributed by atoms with Gasteiger partial charge >= 0.3 is 0 Å². The fourth-order valence-corrected chi connectivity index (χ4v) is 4.26. The van der Waals surface area contributed by atoms with Crippen LogP contribution in [-0.2, 0) is 0 Å². The Kier molecular flexibility index (Phi) is 7.33. The van der Waals surface area contributed by atoms with Crippen LogP contribution in [0.25, 0.3) is 0 Å². The maximum absolute atomic E-state index is 12.3. The smallest absolute Gasteiger partial charge is 0.174 e. The van der Waals surface area contributed by atoms with Crippen LogP contribution in [0.5, 0.6) is 28.7 Å². The number of benzene rings is 2. The Morgan fingerprint density at radius 3 is 2.06 bits per heavy atom. The molecule has 2 aliphatic rings. The summed E-state index contributed by atoms with van der Waals surface area (Å²) in [6.45, 7) is 1.25. The Balaban J connectivity index is 0.000000323. The van der Waals surface area contributed by atoms with Gasteiger partial charge in [-0.1, -0.05) is 12.1 Å². The van der Waals surface area contributed by atoms with E-state index in [9.17, 15) is 35.4 Å². The highest BCUT2D eigenvalue weighted by Gasteiger charge is 2.46. The molecule has 10 nitrogen and oxygen atoms in total. The number of hydrogen-bond donors (Lipinski definition) is 8. The third-order valence-electron chi connectivity index (χ3n) is 5.99. The number of ether oxygens (including phenoxy) is 1. The molecule has 1 fully saturated rings. The molecule has 2 aromatic rings. The third-order valence-corrected chi connectivity index (χ3v) is 5.99. The van der Waals surface area contributed by atoms with Gasteiger partial charge in [0.2, 0.25) is 0 Å². The molecule has 6 unspecified atom stereocenters. The molecule has 1 aliphatic heterocycles. The Morgan fingerprint density at radius 1 is 0.909 bits per heavy atom. The zero-order valence-electron chi connectivity index (χ0n) is 17.9. The second kappa shape index (κ2) is 9.84. The number of carbonyl (C=O) groups is 1. The molecule has 0 amide bonds. The van der Waals surface area contributed by atoms with E-state index in [0.717, 1.165) is 6.07 Å². The van der Waals surface area contributed by atoms with Gasteiger partial charge in [-0.25, -0.2) is 0 Å². The number of phenolic OH excluding ortho intramolecular Hbond substituents is 4. The van der Waals surface area contributed by atoms with Gasteiger partial charge in [0, 0.05) is 36.5 Å². The van der Waals surface area contributed by atoms with Crippen molar-refractivity contribution in [2.45, 2.75) is 50.1 Å². The van der Waals surface area contributed by atoms with Gasteiger partial charge in [-0.05, 0) is 25.5 Å². The minimum atomic E-state index is -1.53. The molecule has 4 rings (SSSR count). The number of aromatic hydroxyl groups is 4. The number of fused-ring (bicyclic) bond motifs is 1. The second-order valence-electron chi connectivity index (χ2n) is 8.33. The number of carbonyl (C=O) groups excluding carboxylic acids is 1. The molecule has 10 heteroatoms. The van der Waals surface area contributed by atoms with Gasteiger partial charge in [0.15, 0.2) is 17.3 Å². The van der Waals surface area contributed by atoms with E-state index in [1.807, 2.05) is 0 Å². The number of phenols is 4. The molecule has 1 heterocycles. The number of aliphatic hydroxyl groups is 4.